The van der Waals surface area contributed by atoms with Gasteiger partial charge in [-0.2, -0.15) is 5.10 Å². The second-order valence-electron chi connectivity index (χ2n) is 4.61. The number of nitrogens with zero attached hydrogens (tertiary/aromatic N) is 2. The smallest absolute Gasteiger partial charge is 0.181 e. The summed E-state index contributed by atoms with van der Waals surface area (Å²) in [5.74, 6) is 2.35. The molecular formula is C13H16N4. The van der Waals surface area contributed by atoms with Gasteiger partial charge in [-0.1, -0.05) is 37.3 Å². The number of nitrogens with one attached hydrogen (secondary N) is 2. The highest BCUT2D eigenvalue weighted by Gasteiger charge is 2.27. The third-order valence-corrected chi connectivity index (χ3v) is 3.36. The summed E-state index contributed by atoms with van der Waals surface area (Å²) in [5.41, 5.74) is 1.06. The third-order valence-electron chi connectivity index (χ3n) is 3.36. The Morgan fingerprint density at radius 3 is 2.76 bits per heavy atom. The van der Waals surface area contributed by atoms with Crippen LogP contribution in [0.5, 0.6) is 0 Å². The van der Waals surface area contributed by atoms with Gasteiger partial charge in [0, 0.05) is 5.56 Å². The zero-order valence-corrected chi connectivity index (χ0v) is 9.85. The number of hydrogen-bond acceptors (Lipinski definition) is 3. The summed E-state index contributed by atoms with van der Waals surface area (Å²) in [6, 6.07) is 10.4. The van der Waals surface area contributed by atoms with Crippen molar-refractivity contribution >= 4 is 0 Å². The molecule has 0 aliphatic carbocycles. The third kappa shape index (κ3) is 1.96. The van der Waals surface area contributed by atoms with E-state index in [-0.39, 0.29) is 0 Å². The highest BCUT2D eigenvalue weighted by Crippen LogP contribution is 2.27. The van der Waals surface area contributed by atoms with E-state index in [0.29, 0.717) is 12.0 Å². The first-order valence-corrected chi connectivity index (χ1v) is 6.05. The van der Waals surface area contributed by atoms with Gasteiger partial charge in [-0.05, 0) is 18.9 Å². The molecule has 4 heteroatoms. The van der Waals surface area contributed by atoms with E-state index >= 15 is 0 Å². The summed E-state index contributed by atoms with van der Waals surface area (Å²) < 4.78 is 0. The van der Waals surface area contributed by atoms with Gasteiger partial charge in [0.05, 0.1) is 6.04 Å². The van der Waals surface area contributed by atoms with Gasteiger partial charge in [-0.25, -0.2) is 4.98 Å². The molecule has 4 nitrogen and oxygen atoms in total. The highest BCUT2D eigenvalue weighted by molar-refractivity contribution is 5.53. The molecule has 0 radical (unpaired) electrons. The van der Waals surface area contributed by atoms with Crippen molar-refractivity contribution in [1.29, 1.82) is 0 Å². The molecule has 1 saturated heterocycles. The lowest BCUT2D eigenvalue weighted by atomic mass is 10.0. The Balaban J connectivity index is 1.88. The van der Waals surface area contributed by atoms with Gasteiger partial charge < -0.3 is 5.32 Å². The molecule has 1 fully saturated rings. The summed E-state index contributed by atoms with van der Waals surface area (Å²) in [6.07, 6.45) is 1.20. The minimum Gasteiger partial charge on any atom is -0.307 e. The van der Waals surface area contributed by atoms with Crippen molar-refractivity contribution < 1.29 is 0 Å². The van der Waals surface area contributed by atoms with Crippen LogP contribution in [0.3, 0.4) is 0 Å². The molecule has 2 heterocycles. The van der Waals surface area contributed by atoms with Gasteiger partial charge in [0.15, 0.2) is 5.82 Å². The van der Waals surface area contributed by atoms with E-state index < -0.39 is 0 Å². The molecule has 3 rings (SSSR count). The second-order valence-corrected chi connectivity index (χ2v) is 4.61. The lowest BCUT2D eigenvalue weighted by molar-refractivity contribution is 0.481. The molecule has 1 aliphatic heterocycles. The minimum absolute atomic E-state index is 0.319. The quantitative estimate of drug-likeness (QED) is 0.828. The van der Waals surface area contributed by atoms with Crippen molar-refractivity contribution in [2.75, 3.05) is 6.54 Å². The average molecular weight is 228 g/mol. The second kappa shape index (κ2) is 4.30. The van der Waals surface area contributed by atoms with E-state index in [4.69, 9.17) is 0 Å². The fourth-order valence-electron chi connectivity index (χ4n) is 2.33. The molecule has 0 spiro atoms. The largest absolute Gasteiger partial charge is 0.307 e. The highest BCUT2D eigenvalue weighted by atomic mass is 15.2. The Kier molecular flexibility index (Phi) is 2.65. The van der Waals surface area contributed by atoms with Crippen LogP contribution < -0.4 is 5.32 Å². The maximum Gasteiger partial charge on any atom is 0.181 e. The average Bonchev–Trinajstić information content (AvgIpc) is 2.98. The summed E-state index contributed by atoms with van der Waals surface area (Å²) in [6.45, 7) is 3.31. The van der Waals surface area contributed by atoms with Gasteiger partial charge >= 0.3 is 0 Å². The summed E-state index contributed by atoms with van der Waals surface area (Å²) in [4.78, 5) is 4.58. The molecule has 2 aromatic rings. The van der Waals surface area contributed by atoms with Crippen molar-refractivity contribution in [3.63, 3.8) is 0 Å². The summed E-state index contributed by atoms with van der Waals surface area (Å²) in [5, 5.41) is 10.8. The van der Waals surface area contributed by atoms with Gasteiger partial charge in [0.1, 0.15) is 5.82 Å². The van der Waals surface area contributed by atoms with Crippen molar-refractivity contribution in [2.24, 2.45) is 5.92 Å². The fraction of sp³-hybridized carbons (Fsp3) is 0.385. The Morgan fingerprint density at radius 1 is 1.24 bits per heavy atom. The minimum atomic E-state index is 0.319. The number of hydrogen-bond donors (Lipinski definition) is 2. The molecule has 2 atom stereocenters. The van der Waals surface area contributed by atoms with Crippen molar-refractivity contribution in [1.82, 2.24) is 20.5 Å². The number of aromatic amines is 1. The monoisotopic (exact) mass is 228 g/mol. The molecule has 0 saturated carbocycles. The van der Waals surface area contributed by atoms with Crippen molar-refractivity contribution in [2.45, 2.75) is 19.4 Å². The first-order chi connectivity index (χ1) is 8.34. The van der Waals surface area contributed by atoms with Crippen LogP contribution in [-0.2, 0) is 0 Å². The van der Waals surface area contributed by atoms with Crippen molar-refractivity contribution in [3.8, 4) is 11.4 Å². The Labute approximate surface area is 100 Å². The SMILES string of the molecule is CC1CCNC1c1nc(-c2ccccc2)n[nH]1. The molecule has 88 valence electrons. The first kappa shape index (κ1) is 10.5. The van der Waals surface area contributed by atoms with E-state index in [2.05, 4.69) is 27.4 Å². The molecule has 1 aliphatic rings. The van der Waals surface area contributed by atoms with Gasteiger partial charge in [0.2, 0.25) is 0 Å². The molecule has 0 amide bonds. The Bertz CT molecular complexity index is 491. The predicted octanol–water partition coefficient (Wildman–Crippen LogP) is 2.14. The van der Waals surface area contributed by atoms with Crippen LogP contribution in [-0.4, -0.2) is 21.7 Å². The van der Waals surface area contributed by atoms with Crippen LogP contribution in [0.2, 0.25) is 0 Å². The maximum atomic E-state index is 4.58. The van der Waals surface area contributed by atoms with Crippen LogP contribution in [0.4, 0.5) is 0 Å². The zero-order valence-electron chi connectivity index (χ0n) is 9.85. The fourth-order valence-corrected chi connectivity index (χ4v) is 2.33. The molecule has 1 aromatic carbocycles. The van der Waals surface area contributed by atoms with Gasteiger partial charge in [-0.3, -0.25) is 5.10 Å². The number of aromatic nitrogens is 3. The standard InChI is InChI=1S/C13H16N4/c1-9-7-8-14-11(9)13-15-12(16-17-13)10-5-3-2-4-6-10/h2-6,9,11,14H,7-8H2,1H3,(H,15,16,17). The number of rotatable bonds is 2. The van der Waals surface area contributed by atoms with Crippen LogP contribution in [0.25, 0.3) is 11.4 Å². The van der Waals surface area contributed by atoms with Gasteiger partial charge in [0.25, 0.3) is 0 Å². The number of benzene rings is 1. The lowest BCUT2D eigenvalue weighted by Gasteiger charge is -2.11. The number of H-pyrrole nitrogens is 1. The summed E-state index contributed by atoms with van der Waals surface area (Å²) in [7, 11) is 0. The molecule has 2 N–H and O–H groups in total. The Hall–Kier alpha value is -1.68. The molecule has 2 unspecified atom stereocenters. The predicted molar refractivity (Wildman–Crippen MR) is 66.3 cm³/mol. The molecule has 17 heavy (non-hydrogen) atoms. The van der Waals surface area contributed by atoms with Crippen LogP contribution in [0, 0.1) is 5.92 Å². The van der Waals surface area contributed by atoms with Crippen molar-refractivity contribution in [3.05, 3.63) is 36.2 Å². The van der Waals surface area contributed by atoms with E-state index in [1.165, 1.54) is 6.42 Å². The van der Waals surface area contributed by atoms with Crippen LogP contribution in [0.1, 0.15) is 25.2 Å². The first-order valence-electron chi connectivity index (χ1n) is 6.05. The van der Waals surface area contributed by atoms with Gasteiger partial charge in [-0.15, -0.1) is 0 Å². The van der Waals surface area contributed by atoms with Crippen LogP contribution >= 0.6 is 0 Å². The summed E-state index contributed by atoms with van der Waals surface area (Å²) >= 11 is 0. The maximum absolute atomic E-state index is 4.58. The topological polar surface area (TPSA) is 53.6 Å². The lowest BCUT2D eigenvalue weighted by Crippen LogP contribution is -2.17. The normalized spacial score (nSPS) is 24.1. The zero-order chi connectivity index (χ0) is 11.7. The molecule has 0 bridgehead atoms. The van der Waals surface area contributed by atoms with E-state index in [1.54, 1.807) is 0 Å². The van der Waals surface area contributed by atoms with E-state index in [1.807, 2.05) is 30.3 Å². The van der Waals surface area contributed by atoms with E-state index in [0.717, 1.165) is 23.8 Å². The Morgan fingerprint density at radius 2 is 2.06 bits per heavy atom. The van der Waals surface area contributed by atoms with E-state index in [9.17, 15) is 0 Å². The molecule has 1 aromatic heterocycles. The molecular weight excluding hydrogens is 212 g/mol. The van der Waals surface area contributed by atoms with Crippen LogP contribution in [0.15, 0.2) is 30.3 Å².